The van der Waals surface area contributed by atoms with Gasteiger partial charge in [-0.25, -0.2) is 9.18 Å². The number of hydrogen-bond donors (Lipinski definition) is 1. The molecule has 0 aliphatic carbocycles. The van der Waals surface area contributed by atoms with Gasteiger partial charge in [0.25, 0.3) is 5.91 Å². The number of carbonyl (C=O) groups is 2. The maximum atomic E-state index is 13.0. The number of hydrogen-bond acceptors (Lipinski definition) is 6. The van der Waals surface area contributed by atoms with Gasteiger partial charge in [0.05, 0.1) is 25.4 Å². The summed E-state index contributed by atoms with van der Waals surface area (Å²) < 4.78 is 35.0. The van der Waals surface area contributed by atoms with Gasteiger partial charge in [0.15, 0.2) is 17.6 Å². The Hall–Kier alpha value is -3.29. The number of carbonyl (C=O) groups excluding carboxylic acids is 2. The van der Waals surface area contributed by atoms with E-state index in [0.29, 0.717) is 42.8 Å². The van der Waals surface area contributed by atoms with Gasteiger partial charge in [-0.3, -0.25) is 4.79 Å². The fraction of sp³-hybridized carbons (Fsp3) is 0.364. The van der Waals surface area contributed by atoms with Crippen molar-refractivity contribution < 1.29 is 32.9 Å². The normalized spacial score (nSPS) is 11.4. The van der Waals surface area contributed by atoms with Crippen LogP contribution in [0.3, 0.4) is 0 Å². The van der Waals surface area contributed by atoms with Gasteiger partial charge in [0, 0.05) is 5.69 Å². The summed E-state index contributed by atoms with van der Waals surface area (Å²) in [5.74, 6) is -0.586. The highest BCUT2D eigenvalue weighted by Crippen LogP contribution is 2.39. The van der Waals surface area contributed by atoms with Crippen molar-refractivity contribution in [2.75, 3.05) is 25.1 Å². The summed E-state index contributed by atoms with van der Waals surface area (Å²) >= 11 is 0. The average Bonchev–Trinajstić information content (AvgIpc) is 2.72. The van der Waals surface area contributed by atoms with E-state index < -0.39 is 23.8 Å². The second-order valence-electron chi connectivity index (χ2n) is 6.14. The summed E-state index contributed by atoms with van der Waals surface area (Å²) in [6.07, 6.45) is -1.08. The van der Waals surface area contributed by atoms with Gasteiger partial charge in [0.2, 0.25) is 5.75 Å². The largest absolute Gasteiger partial charge is 0.490 e. The molecule has 0 saturated carbocycles. The molecule has 1 atom stereocenters. The van der Waals surface area contributed by atoms with Crippen LogP contribution in [0.5, 0.6) is 17.2 Å². The molecule has 162 valence electrons. The minimum atomic E-state index is -1.08. The van der Waals surface area contributed by atoms with Crippen LogP contribution >= 0.6 is 0 Å². The highest BCUT2D eigenvalue weighted by molar-refractivity contribution is 5.97. The fourth-order valence-corrected chi connectivity index (χ4v) is 2.57. The molecule has 0 saturated heterocycles. The lowest BCUT2D eigenvalue weighted by Gasteiger charge is -2.18. The summed E-state index contributed by atoms with van der Waals surface area (Å²) in [4.78, 5) is 24.9. The summed E-state index contributed by atoms with van der Waals surface area (Å²) in [7, 11) is 0. The summed E-state index contributed by atoms with van der Waals surface area (Å²) in [5.41, 5.74) is 0.550. The molecule has 0 unspecified atom stereocenters. The zero-order chi connectivity index (χ0) is 22.1. The first-order chi connectivity index (χ1) is 14.4. The van der Waals surface area contributed by atoms with Crippen LogP contribution in [-0.2, 0) is 9.53 Å². The number of rotatable bonds is 10. The Kier molecular flexibility index (Phi) is 8.46. The van der Waals surface area contributed by atoms with E-state index in [1.807, 2.05) is 20.8 Å². The van der Waals surface area contributed by atoms with Crippen molar-refractivity contribution in [1.82, 2.24) is 0 Å². The Morgan fingerprint density at radius 2 is 1.47 bits per heavy atom. The summed E-state index contributed by atoms with van der Waals surface area (Å²) in [6.45, 7) is 8.00. The standard InChI is InChI=1S/C22H26FNO6/c1-5-27-18-12-15(13-19(28-6-2)20(18)29-7-3)22(26)30-14(4)21(25)24-17-10-8-16(23)9-11-17/h8-14H,5-7H2,1-4H3,(H,24,25)/t14-/m1/s1. The Balaban J connectivity index is 2.17. The lowest BCUT2D eigenvalue weighted by Crippen LogP contribution is -2.30. The third-order valence-corrected chi connectivity index (χ3v) is 3.91. The molecule has 0 bridgehead atoms. The number of esters is 1. The van der Waals surface area contributed by atoms with Crippen LogP contribution in [0.25, 0.3) is 0 Å². The minimum Gasteiger partial charge on any atom is -0.490 e. The molecule has 7 nitrogen and oxygen atoms in total. The van der Waals surface area contributed by atoms with E-state index in [1.165, 1.54) is 43.3 Å². The molecule has 0 aliphatic heterocycles. The van der Waals surface area contributed by atoms with Crippen molar-refractivity contribution in [1.29, 1.82) is 0 Å². The molecule has 0 heterocycles. The fourth-order valence-electron chi connectivity index (χ4n) is 2.57. The van der Waals surface area contributed by atoms with Crippen LogP contribution in [-0.4, -0.2) is 37.8 Å². The third kappa shape index (κ3) is 6.10. The number of nitrogens with one attached hydrogen (secondary N) is 1. The molecule has 1 N–H and O–H groups in total. The lowest BCUT2D eigenvalue weighted by atomic mass is 10.1. The van der Waals surface area contributed by atoms with E-state index in [2.05, 4.69) is 5.32 Å². The zero-order valence-corrected chi connectivity index (χ0v) is 17.5. The van der Waals surface area contributed by atoms with Crippen LogP contribution in [0.15, 0.2) is 36.4 Å². The van der Waals surface area contributed by atoms with Crippen LogP contribution in [0, 0.1) is 5.82 Å². The van der Waals surface area contributed by atoms with Crippen LogP contribution in [0.4, 0.5) is 10.1 Å². The maximum Gasteiger partial charge on any atom is 0.339 e. The van der Waals surface area contributed by atoms with E-state index in [0.717, 1.165) is 0 Å². The van der Waals surface area contributed by atoms with Gasteiger partial charge in [-0.2, -0.15) is 0 Å². The van der Waals surface area contributed by atoms with E-state index in [-0.39, 0.29) is 5.56 Å². The molecule has 1 amide bonds. The predicted molar refractivity (Wildman–Crippen MR) is 110 cm³/mol. The van der Waals surface area contributed by atoms with E-state index in [1.54, 1.807) is 0 Å². The molecule has 0 fully saturated rings. The summed E-state index contributed by atoms with van der Waals surface area (Å²) in [6, 6.07) is 8.25. The molecule has 0 spiro atoms. The Labute approximate surface area is 175 Å². The molecule has 2 rings (SSSR count). The molecule has 0 aromatic heterocycles. The predicted octanol–water partition coefficient (Wildman–Crippen LogP) is 4.21. The number of benzene rings is 2. The van der Waals surface area contributed by atoms with Gasteiger partial charge >= 0.3 is 5.97 Å². The van der Waals surface area contributed by atoms with Crippen LogP contribution in [0.1, 0.15) is 38.1 Å². The van der Waals surface area contributed by atoms with Gasteiger partial charge in [-0.05, 0) is 64.1 Å². The van der Waals surface area contributed by atoms with Crippen molar-refractivity contribution in [2.24, 2.45) is 0 Å². The first-order valence-corrected chi connectivity index (χ1v) is 9.73. The zero-order valence-electron chi connectivity index (χ0n) is 17.5. The molecule has 0 aliphatic rings. The van der Waals surface area contributed by atoms with Gasteiger partial charge < -0.3 is 24.3 Å². The van der Waals surface area contributed by atoms with E-state index in [4.69, 9.17) is 18.9 Å². The number of anilines is 1. The third-order valence-electron chi connectivity index (χ3n) is 3.91. The number of halogens is 1. The number of ether oxygens (including phenoxy) is 4. The molecular formula is C22H26FNO6. The SMILES string of the molecule is CCOc1cc(C(=O)O[C@H](C)C(=O)Nc2ccc(F)cc2)cc(OCC)c1OCC. The van der Waals surface area contributed by atoms with Crippen molar-refractivity contribution in [3.63, 3.8) is 0 Å². The average molecular weight is 419 g/mol. The van der Waals surface area contributed by atoms with E-state index >= 15 is 0 Å². The molecule has 30 heavy (non-hydrogen) atoms. The maximum absolute atomic E-state index is 13.0. The number of amides is 1. The van der Waals surface area contributed by atoms with E-state index in [9.17, 15) is 14.0 Å². The van der Waals surface area contributed by atoms with Crippen molar-refractivity contribution >= 4 is 17.6 Å². The molecular weight excluding hydrogens is 393 g/mol. The minimum absolute atomic E-state index is 0.159. The van der Waals surface area contributed by atoms with Crippen molar-refractivity contribution in [3.05, 3.63) is 47.8 Å². The Bertz CT molecular complexity index is 841. The first kappa shape index (κ1) is 23.0. The van der Waals surface area contributed by atoms with Gasteiger partial charge in [0.1, 0.15) is 5.82 Å². The second kappa shape index (κ2) is 11.0. The highest BCUT2D eigenvalue weighted by Gasteiger charge is 2.23. The highest BCUT2D eigenvalue weighted by atomic mass is 19.1. The topological polar surface area (TPSA) is 83.1 Å². The van der Waals surface area contributed by atoms with Gasteiger partial charge in [-0.15, -0.1) is 0 Å². The molecule has 2 aromatic rings. The van der Waals surface area contributed by atoms with Crippen LogP contribution in [0.2, 0.25) is 0 Å². The molecule has 0 radical (unpaired) electrons. The second-order valence-corrected chi connectivity index (χ2v) is 6.14. The smallest absolute Gasteiger partial charge is 0.339 e. The summed E-state index contributed by atoms with van der Waals surface area (Å²) in [5, 5.41) is 2.56. The molecule has 8 heteroatoms. The lowest BCUT2D eigenvalue weighted by molar-refractivity contribution is -0.123. The monoisotopic (exact) mass is 419 g/mol. The Morgan fingerprint density at radius 3 is 1.97 bits per heavy atom. The van der Waals surface area contributed by atoms with Gasteiger partial charge in [-0.1, -0.05) is 0 Å². The van der Waals surface area contributed by atoms with Crippen molar-refractivity contribution in [3.8, 4) is 17.2 Å². The first-order valence-electron chi connectivity index (χ1n) is 9.73. The Morgan fingerprint density at radius 1 is 0.933 bits per heavy atom. The quantitative estimate of drug-likeness (QED) is 0.581. The van der Waals surface area contributed by atoms with Crippen LogP contribution < -0.4 is 19.5 Å². The van der Waals surface area contributed by atoms with Crippen molar-refractivity contribution in [2.45, 2.75) is 33.8 Å². The molecule has 2 aromatic carbocycles.